The summed E-state index contributed by atoms with van der Waals surface area (Å²) in [7, 11) is 1.73. The van der Waals surface area contributed by atoms with Crippen molar-refractivity contribution >= 4 is 11.8 Å². The van der Waals surface area contributed by atoms with E-state index >= 15 is 0 Å². The molecule has 1 saturated heterocycles. The summed E-state index contributed by atoms with van der Waals surface area (Å²) < 4.78 is 41.7. The van der Waals surface area contributed by atoms with Crippen molar-refractivity contribution in [1.29, 1.82) is 0 Å². The topological polar surface area (TPSA) is 58.4 Å². The first-order valence-corrected chi connectivity index (χ1v) is 8.61. The molecule has 1 saturated carbocycles. The molecule has 0 radical (unpaired) electrons. The number of halogens is 3. The molecule has 2 atom stereocenters. The summed E-state index contributed by atoms with van der Waals surface area (Å²) in [4.78, 5) is 32.7. The highest BCUT2D eigenvalue weighted by Gasteiger charge is 2.47. The fourth-order valence-electron chi connectivity index (χ4n) is 3.80. The average molecular weight is 378 g/mol. The highest BCUT2D eigenvalue weighted by molar-refractivity contribution is 5.96. The van der Waals surface area contributed by atoms with Crippen LogP contribution in [0.2, 0.25) is 0 Å². The standard InChI is InChI=1S/C18H17F3N4O2/c1-23-9-22-8-15(23)18(27)25-5-4-24(13-2-3-14(13)25)17(26)10-6-11(19)16(21)12(20)7-10/h6-9,13-14H,2-5H2,1H3/t13-,14-/m1/s1. The van der Waals surface area contributed by atoms with Gasteiger partial charge in [-0.3, -0.25) is 9.59 Å². The number of carbonyl (C=O) groups excluding carboxylic acids is 2. The lowest BCUT2D eigenvalue weighted by atomic mass is 9.81. The molecule has 6 nitrogen and oxygen atoms in total. The van der Waals surface area contributed by atoms with Crippen LogP contribution in [0, 0.1) is 17.5 Å². The lowest BCUT2D eigenvalue weighted by Crippen LogP contribution is -2.67. The number of carbonyl (C=O) groups is 2. The molecule has 2 amide bonds. The van der Waals surface area contributed by atoms with Crippen LogP contribution in [0.4, 0.5) is 13.2 Å². The Morgan fingerprint density at radius 1 is 1.00 bits per heavy atom. The van der Waals surface area contributed by atoms with Crippen LogP contribution < -0.4 is 0 Å². The number of aromatic nitrogens is 2. The summed E-state index contributed by atoms with van der Waals surface area (Å²) in [6.07, 6.45) is 4.47. The van der Waals surface area contributed by atoms with Gasteiger partial charge in [0.2, 0.25) is 0 Å². The van der Waals surface area contributed by atoms with Crippen LogP contribution in [-0.4, -0.2) is 56.3 Å². The Kier molecular flexibility index (Phi) is 4.16. The van der Waals surface area contributed by atoms with Crippen molar-refractivity contribution in [2.45, 2.75) is 24.9 Å². The highest BCUT2D eigenvalue weighted by Crippen LogP contribution is 2.35. The van der Waals surface area contributed by atoms with Gasteiger partial charge in [-0.15, -0.1) is 0 Å². The van der Waals surface area contributed by atoms with Crippen molar-refractivity contribution in [2.24, 2.45) is 7.05 Å². The number of piperazine rings is 1. The summed E-state index contributed by atoms with van der Waals surface area (Å²) >= 11 is 0. The maximum Gasteiger partial charge on any atom is 0.272 e. The fraction of sp³-hybridized carbons (Fsp3) is 0.389. The quantitative estimate of drug-likeness (QED) is 0.751. The summed E-state index contributed by atoms with van der Waals surface area (Å²) in [5.74, 6) is -5.10. The number of fused-ring (bicyclic) bond motifs is 1. The normalized spacial score (nSPS) is 21.6. The molecule has 4 rings (SSSR count). The van der Waals surface area contributed by atoms with E-state index in [9.17, 15) is 22.8 Å². The molecule has 0 spiro atoms. The Labute approximate surface area is 153 Å². The first-order chi connectivity index (χ1) is 12.9. The van der Waals surface area contributed by atoms with Gasteiger partial charge in [-0.1, -0.05) is 0 Å². The van der Waals surface area contributed by atoms with Crippen molar-refractivity contribution < 1.29 is 22.8 Å². The zero-order chi connectivity index (χ0) is 19.3. The van der Waals surface area contributed by atoms with Gasteiger partial charge in [-0.05, 0) is 25.0 Å². The maximum absolute atomic E-state index is 13.5. The third kappa shape index (κ3) is 2.77. The Morgan fingerprint density at radius 3 is 2.04 bits per heavy atom. The van der Waals surface area contributed by atoms with E-state index in [1.165, 1.54) is 11.1 Å². The average Bonchev–Trinajstić information content (AvgIpc) is 3.04. The third-order valence-electron chi connectivity index (χ3n) is 5.37. The monoisotopic (exact) mass is 378 g/mol. The molecule has 1 aromatic carbocycles. The minimum absolute atomic E-state index is 0.153. The summed E-state index contributed by atoms with van der Waals surface area (Å²) in [5, 5.41) is 0. The molecule has 9 heteroatoms. The van der Waals surface area contributed by atoms with E-state index in [2.05, 4.69) is 4.98 Å². The van der Waals surface area contributed by atoms with Crippen LogP contribution >= 0.6 is 0 Å². The van der Waals surface area contributed by atoms with Crippen molar-refractivity contribution in [2.75, 3.05) is 13.1 Å². The lowest BCUT2D eigenvalue weighted by Gasteiger charge is -2.53. The van der Waals surface area contributed by atoms with Gasteiger partial charge in [0.05, 0.1) is 24.6 Å². The second kappa shape index (κ2) is 6.40. The van der Waals surface area contributed by atoms with Gasteiger partial charge in [0.1, 0.15) is 5.69 Å². The molecule has 0 unspecified atom stereocenters. The van der Waals surface area contributed by atoms with Crippen LogP contribution in [-0.2, 0) is 7.05 Å². The predicted octanol–water partition coefficient (Wildman–Crippen LogP) is 1.97. The number of hydrogen-bond acceptors (Lipinski definition) is 3. The molecule has 0 bridgehead atoms. The van der Waals surface area contributed by atoms with Crippen molar-refractivity contribution in [3.05, 3.63) is 53.4 Å². The molecule has 27 heavy (non-hydrogen) atoms. The van der Waals surface area contributed by atoms with Crippen LogP contribution in [0.3, 0.4) is 0 Å². The Bertz CT molecular complexity index is 906. The summed E-state index contributed by atoms with van der Waals surface area (Å²) in [6.45, 7) is 0.549. The lowest BCUT2D eigenvalue weighted by molar-refractivity contribution is -0.0192. The van der Waals surface area contributed by atoms with Gasteiger partial charge in [-0.25, -0.2) is 18.2 Å². The third-order valence-corrected chi connectivity index (χ3v) is 5.37. The van der Waals surface area contributed by atoms with Crippen molar-refractivity contribution in [3.63, 3.8) is 0 Å². The Hall–Kier alpha value is -2.84. The number of nitrogens with zero attached hydrogens (tertiary/aromatic N) is 4. The molecule has 2 fully saturated rings. The second-order valence-electron chi connectivity index (χ2n) is 6.85. The van der Waals surface area contributed by atoms with Gasteiger partial charge < -0.3 is 14.4 Å². The molecule has 142 valence electrons. The zero-order valence-corrected chi connectivity index (χ0v) is 14.5. The number of rotatable bonds is 2. The van der Waals surface area contributed by atoms with E-state index in [0.29, 0.717) is 30.8 Å². The van der Waals surface area contributed by atoms with E-state index in [1.807, 2.05) is 0 Å². The molecule has 0 N–H and O–H groups in total. The summed E-state index contributed by atoms with van der Waals surface area (Å²) in [5.41, 5.74) is 0.228. The van der Waals surface area contributed by atoms with E-state index in [1.54, 1.807) is 22.8 Å². The van der Waals surface area contributed by atoms with E-state index in [4.69, 9.17) is 0 Å². The van der Waals surface area contributed by atoms with Crippen LogP contribution in [0.1, 0.15) is 33.7 Å². The molecule has 1 aliphatic carbocycles. The first-order valence-electron chi connectivity index (χ1n) is 8.61. The molecular formula is C18H17F3N4O2. The second-order valence-corrected chi connectivity index (χ2v) is 6.85. The summed E-state index contributed by atoms with van der Waals surface area (Å²) in [6, 6.07) is 1.04. The largest absolute Gasteiger partial charge is 0.332 e. The number of imidazole rings is 1. The van der Waals surface area contributed by atoms with E-state index in [0.717, 1.165) is 6.42 Å². The van der Waals surface area contributed by atoms with Crippen LogP contribution in [0.15, 0.2) is 24.7 Å². The molecule has 2 aliphatic rings. The zero-order valence-electron chi connectivity index (χ0n) is 14.5. The van der Waals surface area contributed by atoms with Gasteiger partial charge in [0, 0.05) is 25.7 Å². The Balaban J connectivity index is 1.54. The minimum Gasteiger partial charge on any atom is -0.332 e. The van der Waals surface area contributed by atoms with Gasteiger partial charge in [-0.2, -0.15) is 0 Å². The van der Waals surface area contributed by atoms with E-state index < -0.39 is 23.4 Å². The SMILES string of the molecule is Cn1cncc1C(=O)N1CCN(C(=O)c2cc(F)c(F)c(F)c2)[C@@H]2CC[C@H]21. The predicted molar refractivity (Wildman–Crippen MR) is 88.4 cm³/mol. The number of benzene rings is 1. The Morgan fingerprint density at radius 2 is 1.56 bits per heavy atom. The molecular weight excluding hydrogens is 361 g/mol. The van der Waals surface area contributed by atoms with Crippen LogP contribution in [0.25, 0.3) is 0 Å². The molecule has 2 heterocycles. The maximum atomic E-state index is 13.5. The van der Waals surface area contributed by atoms with Gasteiger partial charge >= 0.3 is 0 Å². The fourth-order valence-corrected chi connectivity index (χ4v) is 3.80. The molecule has 2 aromatic rings. The minimum atomic E-state index is -1.60. The van der Waals surface area contributed by atoms with Crippen molar-refractivity contribution in [3.8, 4) is 0 Å². The number of aryl methyl sites for hydroxylation is 1. The van der Waals surface area contributed by atoms with Crippen LogP contribution in [0.5, 0.6) is 0 Å². The smallest absolute Gasteiger partial charge is 0.272 e. The van der Waals surface area contributed by atoms with E-state index in [-0.39, 0.29) is 30.1 Å². The number of amides is 2. The molecule has 1 aromatic heterocycles. The van der Waals surface area contributed by atoms with Gasteiger partial charge in [0.15, 0.2) is 17.5 Å². The van der Waals surface area contributed by atoms with Crippen molar-refractivity contribution in [1.82, 2.24) is 19.4 Å². The molecule has 1 aliphatic heterocycles. The number of hydrogen-bond donors (Lipinski definition) is 0. The first kappa shape index (κ1) is 17.6. The van der Waals surface area contributed by atoms with Gasteiger partial charge in [0.25, 0.3) is 11.8 Å². The highest BCUT2D eigenvalue weighted by atomic mass is 19.2.